The smallest absolute Gasteiger partial charge is 0.383 e. The Morgan fingerprint density at radius 3 is 2.32 bits per heavy atom. The molecule has 2 N–H and O–H groups in total. The Balaban J connectivity index is 2.65. The van der Waals surface area contributed by atoms with E-state index in [9.17, 15) is 22.4 Å². The minimum absolute atomic E-state index is 0.0718. The first-order valence-corrected chi connectivity index (χ1v) is 5.49. The summed E-state index contributed by atoms with van der Waals surface area (Å²) in [6.07, 6.45) is -4.01. The zero-order valence-electron chi connectivity index (χ0n) is 9.82. The van der Waals surface area contributed by atoms with E-state index in [0.717, 1.165) is 0 Å². The van der Waals surface area contributed by atoms with E-state index in [1.807, 2.05) is 0 Å². The molecule has 0 fully saturated rings. The lowest BCUT2D eigenvalue weighted by atomic mass is 10.1. The van der Waals surface area contributed by atoms with Gasteiger partial charge in [-0.15, -0.1) is 0 Å². The number of benzene rings is 1. The van der Waals surface area contributed by atoms with Gasteiger partial charge in [0.05, 0.1) is 12.6 Å². The molecule has 1 rings (SSSR count). The summed E-state index contributed by atoms with van der Waals surface area (Å²) in [6, 6.07) is 7.42. The van der Waals surface area contributed by atoms with Gasteiger partial charge in [0.25, 0.3) is 5.91 Å². The van der Waals surface area contributed by atoms with Crippen molar-refractivity contribution >= 4 is 5.91 Å². The Kier molecular flexibility index (Phi) is 5.29. The van der Waals surface area contributed by atoms with Crippen molar-refractivity contribution in [1.29, 1.82) is 0 Å². The highest BCUT2D eigenvalue weighted by Crippen LogP contribution is 2.23. The van der Waals surface area contributed by atoms with Crippen molar-refractivity contribution in [3.05, 3.63) is 35.9 Å². The number of nitrogens with one attached hydrogen (secondary N) is 1. The first kappa shape index (κ1) is 15.4. The molecule has 0 bridgehead atoms. The van der Waals surface area contributed by atoms with Crippen LogP contribution in [0.2, 0.25) is 0 Å². The Hall–Kier alpha value is -1.63. The number of halogens is 4. The standard InChI is InChI=1S/C12H13F4NO2/c13-10(14)12(15,16)11(19)17-9(7-18)6-8-4-2-1-3-5-8/h1-5,9-10,18H,6-7H2,(H,17,19). The number of rotatable bonds is 6. The van der Waals surface area contributed by atoms with Crippen LogP contribution in [0.25, 0.3) is 0 Å². The summed E-state index contributed by atoms with van der Waals surface area (Å²) < 4.78 is 49.4. The fraction of sp³-hybridized carbons (Fsp3) is 0.417. The van der Waals surface area contributed by atoms with Gasteiger partial charge < -0.3 is 10.4 Å². The number of hydrogen-bond donors (Lipinski definition) is 2. The molecular formula is C12H13F4NO2. The Bertz CT molecular complexity index is 411. The van der Waals surface area contributed by atoms with E-state index in [-0.39, 0.29) is 6.42 Å². The van der Waals surface area contributed by atoms with Crippen molar-refractivity contribution in [2.75, 3.05) is 6.61 Å². The summed E-state index contributed by atoms with van der Waals surface area (Å²) in [5, 5.41) is 10.7. The highest BCUT2D eigenvalue weighted by Gasteiger charge is 2.49. The molecule has 7 heteroatoms. The maximum atomic E-state index is 12.7. The number of aliphatic hydroxyl groups excluding tert-OH is 1. The molecule has 1 aromatic carbocycles. The lowest BCUT2D eigenvalue weighted by molar-refractivity contribution is -0.170. The largest absolute Gasteiger partial charge is 0.394 e. The van der Waals surface area contributed by atoms with Crippen LogP contribution in [-0.2, 0) is 11.2 Å². The van der Waals surface area contributed by atoms with E-state index in [1.54, 1.807) is 35.6 Å². The second-order valence-corrected chi connectivity index (χ2v) is 3.97. The third-order valence-corrected chi connectivity index (χ3v) is 2.46. The molecule has 0 saturated carbocycles. The zero-order chi connectivity index (χ0) is 14.5. The Labute approximate surface area is 107 Å². The van der Waals surface area contributed by atoms with Gasteiger partial charge in [0, 0.05) is 0 Å². The van der Waals surface area contributed by atoms with Crippen LogP contribution >= 0.6 is 0 Å². The second-order valence-electron chi connectivity index (χ2n) is 3.97. The quantitative estimate of drug-likeness (QED) is 0.777. The third-order valence-electron chi connectivity index (χ3n) is 2.46. The average Bonchev–Trinajstić information content (AvgIpc) is 2.38. The van der Waals surface area contributed by atoms with Gasteiger partial charge in [0.15, 0.2) is 0 Å². The fourth-order valence-corrected chi connectivity index (χ4v) is 1.44. The van der Waals surface area contributed by atoms with Crippen molar-refractivity contribution in [3.63, 3.8) is 0 Å². The van der Waals surface area contributed by atoms with Gasteiger partial charge in [-0.3, -0.25) is 4.79 Å². The van der Waals surface area contributed by atoms with Crippen LogP contribution in [0.15, 0.2) is 30.3 Å². The molecule has 0 spiro atoms. The summed E-state index contributed by atoms with van der Waals surface area (Å²) in [4.78, 5) is 11.0. The summed E-state index contributed by atoms with van der Waals surface area (Å²) >= 11 is 0. The lowest BCUT2D eigenvalue weighted by Gasteiger charge is -2.20. The van der Waals surface area contributed by atoms with Crippen LogP contribution in [0.5, 0.6) is 0 Å². The Morgan fingerprint density at radius 2 is 1.84 bits per heavy atom. The van der Waals surface area contributed by atoms with Crippen LogP contribution in [0, 0.1) is 0 Å². The molecule has 106 valence electrons. The predicted octanol–water partition coefficient (Wildman–Crippen LogP) is 1.61. The van der Waals surface area contributed by atoms with Gasteiger partial charge in [-0.05, 0) is 12.0 Å². The van der Waals surface area contributed by atoms with Crippen molar-refractivity contribution in [2.45, 2.75) is 24.8 Å². The number of alkyl halides is 4. The molecular weight excluding hydrogens is 266 g/mol. The van der Waals surface area contributed by atoms with Crippen LogP contribution in [-0.4, -0.2) is 36.0 Å². The van der Waals surface area contributed by atoms with Crippen molar-refractivity contribution < 1.29 is 27.5 Å². The molecule has 1 atom stereocenters. The minimum Gasteiger partial charge on any atom is -0.394 e. The van der Waals surface area contributed by atoms with Gasteiger partial charge in [-0.1, -0.05) is 30.3 Å². The molecule has 0 aliphatic carbocycles. The van der Waals surface area contributed by atoms with Crippen LogP contribution in [0.3, 0.4) is 0 Å². The molecule has 0 aromatic heterocycles. The SMILES string of the molecule is O=C(NC(CO)Cc1ccccc1)C(F)(F)C(F)F. The number of carbonyl (C=O) groups is 1. The molecule has 0 radical (unpaired) electrons. The van der Waals surface area contributed by atoms with E-state index in [2.05, 4.69) is 0 Å². The topological polar surface area (TPSA) is 49.3 Å². The lowest BCUT2D eigenvalue weighted by Crippen LogP contribution is -2.50. The molecule has 0 aliphatic rings. The van der Waals surface area contributed by atoms with E-state index in [4.69, 9.17) is 5.11 Å². The highest BCUT2D eigenvalue weighted by molar-refractivity contribution is 5.84. The highest BCUT2D eigenvalue weighted by atomic mass is 19.3. The normalized spacial score (nSPS) is 13.4. The summed E-state index contributed by atoms with van der Waals surface area (Å²) in [5.41, 5.74) is 0.683. The molecule has 0 saturated heterocycles. The van der Waals surface area contributed by atoms with Crippen molar-refractivity contribution in [1.82, 2.24) is 5.32 Å². The average molecular weight is 279 g/mol. The van der Waals surface area contributed by atoms with E-state index >= 15 is 0 Å². The summed E-state index contributed by atoms with van der Waals surface area (Å²) in [5.74, 6) is -6.85. The van der Waals surface area contributed by atoms with E-state index in [1.165, 1.54) is 0 Å². The Morgan fingerprint density at radius 1 is 1.26 bits per heavy atom. The third kappa shape index (κ3) is 4.20. The fourth-order valence-electron chi connectivity index (χ4n) is 1.44. The van der Waals surface area contributed by atoms with Crippen molar-refractivity contribution in [2.24, 2.45) is 0 Å². The predicted molar refractivity (Wildman–Crippen MR) is 60.1 cm³/mol. The van der Waals surface area contributed by atoms with Crippen LogP contribution < -0.4 is 5.32 Å². The molecule has 0 aliphatic heterocycles. The van der Waals surface area contributed by atoms with Crippen LogP contribution in [0.4, 0.5) is 17.6 Å². The maximum Gasteiger partial charge on any atom is 0.383 e. The maximum absolute atomic E-state index is 12.7. The van der Waals surface area contributed by atoms with Gasteiger partial charge >= 0.3 is 12.3 Å². The number of carbonyl (C=O) groups excluding carboxylic acids is 1. The number of amides is 1. The van der Waals surface area contributed by atoms with Gasteiger partial charge in [-0.25, -0.2) is 8.78 Å². The summed E-state index contributed by atoms with van der Waals surface area (Å²) in [6.45, 7) is -0.625. The van der Waals surface area contributed by atoms with Crippen LogP contribution in [0.1, 0.15) is 5.56 Å². The molecule has 1 amide bonds. The molecule has 3 nitrogen and oxygen atoms in total. The van der Waals surface area contributed by atoms with E-state index in [0.29, 0.717) is 5.56 Å². The first-order chi connectivity index (χ1) is 8.87. The van der Waals surface area contributed by atoms with Gasteiger partial charge in [0.2, 0.25) is 0 Å². The minimum atomic E-state index is -4.76. The molecule has 0 heterocycles. The summed E-state index contributed by atoms with van der Waals surface area (Å²) in [7, 11) is 0. The first-order valence-electron chi connectivity index (χ1n) is 5.49. The van der Waals surface area contributed by atoms with E-state index < -0.39 is 30.9 Å². The zero-order valence-corrected chi connectivity index (χ0v) is 9.82. The molecule has 19 heavy (non-hydrogen) atoms. The second kappa shape index (κ2) is 6.51. The molecule has 1 unspecified atom stereocenters. The van der Waals surface area contributed by atoms with Gasteiger partial charge in [-0.2, -0.15) is 8.78 Å². The molecule has 1 aromatic rings. The van der Waals surface area contributed by atoms with Crippen molar-refractivity contribution in [3.8, 4) is 0 Å². The monoisotopic (exact) mass is 279 g/mol. The van der Waals surface area contributed by atoms with Gasteiger partial charge in [0.1, 0.15) is 0 Å². The number of aliphatic hydroxyl groups is 1. The number of hydrogen-bond acceptors (Lipinski definition) is 2.